The van der Waals surface area contributed by atoms with Gasteiger partial charge >= 0.3 is 0 Å². The Labute approximate surface area is 127 Å². The van der Waals surface area contributed by atoms with E-state index >= 15 is 0 Å². The van der Waals surface area contributed by atoms with E-state index in [0.29, 0.717) is 12.6 Å². The first kappa shape index (κ1) is 14.6. The van der Waals surface area contributed by atoms with Crippen molar-refractivity contribution in [1.29, 1.82) is 0 Å². The minimum Gasteiger partial charge on any atom is -0.335 e. The van der Waals surface area contributed by atoms with Crippen molar-refractivity contribution < 1.29 is 4.79 Å². The van der Waals surface area contributed by atoms with Gasteiger partial charge in [-0.3, -0.25) is 4.79 Å². The van der Waals surface area contributed by atoms with E-state index in [9.17, 15) is 4.79 Å². The SMILES string of the molecule is NCCc1cccc(C(=O)N2CCC[C@H]3CCCC[C@H]32)c1. The van der Waals surface area contributed by atoms with Crippen molar-refractivity contribution >= 4 is 5.91 Å². The van der Waals surface area contributed by atoms with Crippen LogP contribution >= 0.6 is 0 Å². The number of nitrogens with two attached hydrogens (primary N) is 1. The summed E-state index contributed by atoms with van der Waals surface area (Å²) < 4.78 is 0. The van der Waals surface area contributed by atoms with Crippen LogP contribution in [0.4, 0.5) is 0 Å². The van der Waals surface area contributed by atoms with Crippen LogP contribution in [-0.2, 0) is 6.42 Å². The number of carbonyl (C=O) groups is 1. The number of hydrogen-bond acceptors (Lipinski definition) is 2. The van der Waals surface area contributed by atoms with E-state index in [1.807, 2.05) is 18.2 Å². The highest BCUT2D eigenvalue weighted by Crippen LogP contribution is 2.35. The fraction of sp³-hybridized carbons (Fsp3) is 0.611. The molecule has 3 heteroatoms. The standard InChI is InChI=1S/C18H26N2O/c19-11-10-14-5-3-7-16(13-14)18(21)20-12-4-8-15-6-1-2-9-17(15)20/h3,5,7,13,15,17H,1-2,4,6,8-12,19H2/t15-,17-/m1/s1. The lowest BCUT2D eigenvalue weighted by molar-refractivity contribution is 0.0390. The van der Waals surface area contributed by atoms with E-state index < -0.39 is 0 Å². The van der Waals surface area contributed by atoms with Crippen molar-refractivity contribution in [2.75, 3.05) is 13.1 Å². The topological polar surface area (TPSA) is 46.3 Å². The number of benzene rings is 1. The van der Waals surface area contributed by atoms with Gasteiger partial charge in [-0.15, -0.1) is 0 Å². The molecule has 0 unspecified atom stereocenters. The monoisotopic (exact) mass is 286 g/mol. The zero-order valence-corrected chi connectivity index (χ0v) is 12.8. The first-order chi connectivity index (χ1) is 10.3. The van der Waals surface area contributed by atoms with Crippen molar-refractivity contribution in [2.24, 2.45) is 11.7 Å². The highest BCUT2D eigenvalue weighted by molar-refractivity contribution is 5.94. The van der Waals surface area contributed by atoms with Crippen LogP contribution in [-0.4, -0.2) is 29.9 Å². The third-order valence-electron chi connectivity index (χ3n) is 5.11. The zero-order chi connectivity index (χ0) is 14.7. The maximum Gasteiger partial charge on any atom is 0.254 e. The van der Waals surface area contributed by atoms with E-state index in [-0.39, 0.29) is 5.91 Å². The predicted octanol–water partition coefficient (Wildman–Crippen LogP) is 2.98. The molecule has 2 atom stereocenters. The largest absolute Gasteiger partial charge is 0.335 e. The molecule has 1 aromatic rings. The molecule has 2 aliphatic rings. The van der Waals surface area contributed by atoms with Gasteiger partial charge in [-0.2, -0.15) is 0 Å². The number of piperidine rings is 1. The van der Waals surface area contributed by atoms with Gasteiger partial charge in [0.2, 0.25) is 0 Å². The molecular formula is C18H26N2O. The summed E-state index contributed by atoms with van der Waals surface area (Å²) in [4.78, 5) is 15.1. The van der Waals surface area contributed by atoms with E-state index in [1.165, 1.54) is 37.7 Å². The molecule has 3 rings (SSSR count). The summed E-state index contributed by atoms with van der Waals surface area (Å²) in [6.07, 6.45) is 8.43. The van der Waals surface area contributed by atoms with E-state index in [4.69, 9.17) is 5.73 Å². The minimum absolute atomic E-state index is 0.227. The molecule has 21 heavy (non-hydrogen) atoms. The van der Waals surface area contributed by atoms with E-state index in [0.717, 1.165) is 30.9 Å². The molecule has 1 heterocycles. The van der Waals surface area contributed by atoms with Crippen LogP contribution < -0.4 is 5.73 Å². The second-order valence-corrected chi connectivity index (χ2v) is 6.49. The maximum atomic E-state index is 12.9. The van der Waals surface area contributed by atoms with Crippen LogP contribution in [0, 0.1) is 5.92 Å². The van der Waals surface area contributed by atoms with Gasteiger partial charge in [-0.1, -0.05) is 25.0 Å². The van der Waals surface area contributed by atoms with Gasteiger partial charge < -0.3 is 10.6 Å². The molecular weight excluding hydrogens is 260 g/mol. The summed E-state index contributed by atoms with van der Waals surface area (Å²) in [5, 5.41) is 0. The van der Waals surface area contributed by atoms with Gasteiger partial charge in [0.15, 0.2) is 0 Å². The number of fused-ring (bicyclic) bond motifs is 1. The Hall–Kier alpha value is -1.35. The molecule has 1 saturated heterocycles. The molecule has 2 fully saturated rings. The van der Waals surface area contributed by atoms with Gasteiger partial charge in [-0.25, -0.2) is 0 Å². The summed E-state index contributed by atoms with van der Waals surface area (Å²) in [5.41, 5.74) is 7.63. The number of likely N-dealkylation sites (tertiary alicyclic amines) is 1. The molecule has 0 bridgehead atoms. The summed E-state index contributed by atoms with van der Waals surface area (Å²) in [6, 6.07) is 8.51. The number of carbonyl (C=O) groups excluding carboxylic acids is 1. The quantitative estimate of drug-likeness (QED) is 0.928. The molecule has 0 aromatic heterocycles. The minimum atomic E-state index is 0.227. The summed E-state index contributed by atoms with van der Waals surface area (Å²) in [7, 11) is 0. The summed E-state index contributed by atoms with van der Waals surface area (Å²) in [5.74, 6) is 0.967. The highest BCUT2D eigenvalue weighted by atomic mass is 16.2. The lowest BCUT2D eigenvalue weighted by atomic mass is 9.78. The Bertz CT molecular complexity index is 498. The van der Waals surface area contributed by atoms with Gasteiger partial charge in [-0.05, 0) is 62.3 Å². The summed E-state index contributed by atoms with van der Waals surface area (Å²) >= 11 is 0. The molecule has 2 N–H and O–H groups in total. The summed E-state index contributed by atoms with van der Waals surface area (Å²) in [6.45, 7) is 1.56. The predicted molar refractivity (Wildman–Crippen MR) is 85.2 cm³/mol. The van der Waals surface area contributed by atoms with E-state index in [2.05, 4.69) is 11.0 Å². The van der Waals surface area contributed by atoms with Crippen molar-refractivity contribution in [2.45, 2.75) is 51.0 Å². The fourth-order valence-electron chi connectivity index (χ4n) is 4.07. The van der Waals surface area contributed by atoms with Gasteiger partial charge in [0.1, 0.15) is 0 Å². The maximum absolute atomic E-state index is 12.9. The number of amides is 1. The Morgan fingerprint density at radius 2 is 2.00 bits per heavy atom. The van der Waals surface area contributed by atoms with Gasteiger partial charge in [0, 0.05) is 18.2 Å². The molecule has 3 nitrogen and oxygen atoms in total. The Balaban J connectivity index is 1.78. The Morgan fingerprint density at radius 1 is 1.19 bits per heavy atom. The highest BCUT2D eigenvalue weighted by Gasteiger charge is 2.35. The number of rotatable bonds is 3. The first-order valence-corrected chi connectivity index (χ1v) is 8.39. The molecule has 0 radical (unpaired) electrons. The van der Waals surface area contributed by atoms with Crippen molar-refractivity contribution in [3.05, 3.63) is 35.4 Å². The van der Waals surface area contributed by atoms with Gasteiger partial charge in [0.05, 0.1) is 0 Å². The average Bonchev–Trinajstić information content (AvgIpc) is 2.54. The average molecular weight is 286 g/mol. The molecule has 1 aromatic carbocycles. The van der Waals surface area contributed by atoms with Crippen LogP contribution in [0.5, 0.6) is 0 Å². The normalized spacial score (nSPS) is 25.5. The molecule has 0 spiro atoms. The lowest BCUT2D eigenvalue weighted by Gasteiger charge is -2.44. The number of hydrogen-bond donors (Lipinski definition) is 1. The second kappa shape index (κ2) is 6.61. The lowest BCUT2D eigenvalue weighted by Crippen LogP contribution is -2.49. The van der Waals surface area contributed by atoms with E-state index in [1.54, 1.807) is 0 Å². The zero-order valence-electron chi connectivity index (χ0n) is 12.8. The van der Waals surface area contributed by atoms with Crippen LogP contribution in [0.2, 0.25) is 0 Å². The third kappa shape index (κ3) is 3.13. The third-order valence-corrected chi connectivity index (χ3v) is 5.11. The molecule has 1 saturated carbocycles. The van der Waals surface area contributed by atoms with Crippen LogP contribution in [0.3, 0.4) is 0 Å². The molecule has 114 valence electrons. The first-order valence-electron chi connectivity index (χ1n) is 8.39. The Kier molecular flexibility index (Phi) is 4.59. The van der Waals surface area contributed by atoms with Crippen molar-refractivity contribution in [1.82, 2.24) is 4.90 Å². The molecule has 1 aliphatic heterocycles. The smallest absolute Gasteiger partial charge is 0.254 e. The number of nitrogens with zero attached hydrogens (tertiary/aromatic N) is 1. The molecule has 1 amide bonds. The Morgan fingerprint density at radius 3 is 2.86 bits per heavy atom. The van der Waals surface area contributed by atoms with Crippen LogP contribution in [0.25, 0.3) is 0 Å². The van der Waals surface area contributed by atoms with Crippen molar-refractivity contribution in [3.63, 3.8) is 0 Å². The molecule has 1 aliphatic carbocycles. The van der Waals surface area contributed by atoms with Crippen molar-refractivity contribution in [3.8, 4) is 0 Å². The van der Waals surface area contributed by atoms with Gasteiger partial charge in [0.25, 0.3) is 5.91 Å². The van der Waals surface area contributed by atoms with Crippen LogP contribution in [0.1, 0.15) is 54.4 Å². The fourth-order valence-corrected chi connectivity index (χ4v) is 4.07. The van der Waals surface area contributed by atoms with Crippen LogP contribution in [0.15, 0.2) is 24.3 Å². The second-order valence-electron chi connectivity index (χ2n) is 6.49.